The smallest absolute Gasteiger partial charge is 0.296 e. The third kappa shape index (κ3) is 3.92. The fourth-order valence-corrected chi connectivity index (χ4v) is 3.95. The van der Waals surface area contributed by atoms with Gasteiger partial charge in [-0.05, 0) is 35.9 Å². The Morgan fingerprint density at radius 1 is 1.10 bits per heavy atom. The molecule has 0 aliphatic rings. The SMILES string of the molecule is COc1ccc(/C=c2\sc3nc(=O)c(Cc4ccc(Cl)cc4)nn3c2=O)c(OC)c1. The molecule has 0 N–H and O–H groups in total. The van der Waals surface area contributed by atoms with E-state index in [2.05, 4.69) is 10.1 Å². The third-order valence-corrected chi connectivity index (χ3v) is 5.67. The number of halogens is 1. The van der Waals surface area contributed by atoms with E-state index in [-0.39, 0.29) is 22.6 Å². The number of hydrogen-bond acceptors (Lipinski definition) is 7. The van der Waals surface area contributed by atoms with Crippen molar-refractivity contribution in [2.45, 2.75) is 6.42 Å². The second-order valence-electron chi connectivity index (χ2n) is 6.38. The van der Waals surface area contributed by atoms with Crippen LogP contribution in [0, 0.1) is 0 Å². The van der Waals surface area contributed by atoms with Gasteiger partial charge in [-0.2, -0.15) is 14.6 Å². The van der Waals surface area contributed by atoms with Crippen molar-refractivity contribution in [3.63, 3.8) is 0 Å². The van der Waals surface area contributed by atoms with Crippen molar-refractivity contribution in [2.24, 2.45) is 0 Å². The van der Waals surface area contributed by atoms with Crippen LogP contribution >= 0.6 is 22.9 Å². The van der Waals surface area contributed by atoms with Gasteiger partial charge in [-0.15, -0.1) is 0 Å². The Balaban J connectivity index is 1.79. The summed E-state index contributed by atoms with van der Waals surface area (Å²) >= 11 is 7.00. The Morgan fingerprint density at radius 2 is 1.87 bits per heavy atom. The molecule has 7 nitrogen and oxygen atoms in total. The summed E-state index contributed by atoms with van der Waals surface area (Å²) in [4.78, 5) is 29.6. The van der Waals surface area contributed by atoms with Crippen molar-refractivity contribution in [3.05, 3.63) is 89.5 Å². The van der Waals surface area contributed by atoms with Crippen LogP contribution in [0.1, 0.15) is 16.8 Å². The summed E-state index contributed by atoms with van der Waals surface area (Å²) in [5, 5.41) is 4.86. The van der Waals surface area contributed by atoms with E-state index in [1.165, 1.54) is 4.52 Å². The lowest BCUT2D eigenvalue weighted by Crippen LogP contribution is -2.28. The summed E-state index contributed by atoms with van der Waals surface area (Å²) in [7, 11) is 3.11. The van der Waals surface area contributed by atoms with Crippen LogP contribution < -0.4 is 25.1 Å². The lowest BCUT2D eigenvalue weighted by atomic mass is 10.1. The fraction of sp³-hybridized carbons (Fsp3) is 0.143. The molecule has 2 aromatic carbocycles. The van der Waals surface area contributed by atoms with Crippen LogP contribution in [0.25, 0.3) is 11.0 Å². The first-order chi connectivity index (χ1) is 14.5. The molecule has 30 heavy (non-hydrogen) atoms. The minimum absolute atomic E-state index is 0.193. The molecule has 2 heterocycles. The number of aromatic nitrogens is 3. The molecule has 9 heteroatoms. The maximum Gasteiger partial charge on any atom is 0.296 e. The van der Waals surface area contributed by atoms with Crippen LogP contribution in [0.5, 0.6) is 11.5 Å². The van der Waals surface area contributed by atoms with Crippen molar-refractivity contribution < 1.29 is 9.47 Å². The summed E-state index contributed by atoms with van der Waals surface area (Å²) in [5.74, 6) is 1.20. The molecule has 152 valence electrons. The molecule has 0 aliphatic carbocycles. The molecular weight excluding hydrogens is 426 g/mol. The van der Waals surface area contributed by atoms with Gasteiger partial charge >= 0.3 is 0 Å². The van der Waals surface area contributed by atoms with Crippen LogP contribution in [0.4, 0.5) is 0 Å². The standard InChI is InChI=1S/C21H16ClN3O4S/c1-28-15-8-5-13(17(11-15)29-2)10-18-20(27)25-21(30-18)23-19(26)16(24-25)9-12-3-6-14(22)7-4-12/h3-8,10-11H,9H2,1-2H3/b18-10-. The zero-order valence-electron chi connectivity index (χ0n) is 16.1. The number of methoxy groups -OCH3 is 2. The van der Waals surface area contributed by atoms with Crippen LogP contribution in [0.15, 0.2) is 52.1 Å². The average Bonchev–Trinajstić information content (AvgIpc) is 3.04. The number of nitrogens with zero attached hydrogens (tertiary/aromatic N) is 3. The molecular formula is C21H16ClN3O4S. The van der Waals surface area contributed by atoms with E-state index in [0.29, 0.717) is 26.6 Å². The molecule has 4 rings (SSSR count). The van der Waals surface area contributed by atoms with Crippen molar-refractivity contribution in [1.29, 1.82) is 0 Å². The van der Waals surface area contributed by atoms with E-state index in [0.717, 1.165) is 16.9 Å². The number of benzene rings is 2. The van der Waals surface area contributed by atoms with Gasteiger partial charge in [0, 0.05) is 23.1 Å². The highest BCUT2D eigenvalue weighted by molar-refractivity contribution is 7.15. The van der Waals surface area contributed by atoms with Gasteiger partial charge in [0.1, 0.15) is 17.2 Å². The summed E-state index contributed by atoms with van der Waals surface area (Å²) in [6.45, 7) is 0. The number of rotatable bonds is 5. The van der Waals surface area contributed by atoms with Gasteiger partial charge in [-0.25, -0.2) is 0 Å². The predicted octanol–water partition coefficient (Wildman–Crippen LogP) is 2.32. The number of hydrogen-bond donors (Lipinski definition) is 0. The van der Waals surface area contributed by atoms with E-state index in [9.17, 15) is 9.59 Å². The molecule has 2 aromatic heterocycles. The minimum Gasteiger partial charge on any atom is -0.497 e. The Hall–Kier alpha value is -3.23. The first-order valence-electron chi connectivity index (χ1n) is 8.89. The van der Waals surface area contributed by atoms with Gasteiger partial charge < -0.3 is 9.47 Å². The second kappa shape index (κ2) is 8.25. The summed E-state index contributed by atoms with van der Waals surface area (Å²) in [6.07, 6.45) is 1.94. The molecule has 0 spiro atoms. The van der Waals surface area contributed by atoms with Gasteiger partial charge in [-0.3, -0.25) is 9.59 Å². The van der Waals surface area contributed by atoms with E-state index in [1.54, 1.807) is 62.8 Å². The summed E-state index contributed by atoms with van der Waals surface area (Å²) in [5.41, 5.74) is 0.935. The van der Waals surface area contributed by atoms with E-state index >= 15 is 0 Å². The van der Waals surface area contributed by atoms with Crippen LogP contribution in [0.3, 0.4) is 0 Å². The highest BCUT2D eigenvalue weighted by atomic mass is 35.5. The summed E-state index contributed by atoms with van der Waals surface area (Å²) in [6, 6.07) is 12.4. The van der Waals surface area contributed by atoms with Crippen molar-refractivity contribution in [1.82, 2.24) is 14.6 Å². The van der Waals surface area contributed by atoms with E-state index in [4.69, 9.17) is 21.1 Å². The van der Waals surface area contributed by atoms with Gasteiger partial charge in [0.05, 0.1) is 18.8 Å². The molecule has 0 unspecified atom stereocenters. The highest BCUT2D eigenvalue weighted by Crippen LogP contribution is 2.25. The van der Waals surface area contributed by atoms with Crippen molar-refractivity contribution in [2.75, 3.05) is 14.2 Å². The van der Waals surface area contributed by atoms with Crippen LogP contribution in [0.2, 0.25) is 5.02 Å². The second-order valence-corrected chi connectivity index (χ2v) is 7.83. The van der Waals surface area contributed by atoms with Crippen LogP contribution in [-0.2, 0) is 6.42 Å². The molecule has 0 saturated heterocycles. The molecule has 0 fully saturated rings. The fourth-order valence-electron chi connectivity index (χ4n) is 2.93. The lowest BCUT2D eigenvalue weighted by molar-refractivity contribution is 0.393. The molecule has 0 atom stereocenters. The van der Waals surface area contributed by atoms with Gasteiger partial charge in [-0.1, -0.05) is 35.1 Å². The minimum atomic E-state index is -0.459. The molecule has 0 bridgehead atoms. The largest absolute Gasteiger partial charge is 0.497 e. The topological polar surface area (TPSA) is 82.8 Å². The molecule has 0 amide bonds. The lowest BCUT2D eigenvalue weighted by Gasteiger charge is -2.06. The maximum atomic E-state index is 12.9. The Kier molecular flexibility index (Phi) is 5.52. The van der Waals surface area contributed by atoms with Crippen molar-refractivity contribution in [3.8, 4) is 11.5 Å². The maximum absolute atomic E-state index is 12.9. The zero-order valence-corrected chi connectivity index (χ0v) is 17.7. The third-order valence-electron chi connectivity index (χ3n) is 4.46. The zero-order chi connectivity index (χ0) is 21.3. The van der Waals surface area contributed by atoms with E-state index < -0.39 is 5.56 Å². The first-order valence-corrected chi connectivity index (χ1v) is 10.1. The summed E-state index contributed by atoms with van der Waals surface area (Å²) < 4.78 is 12.1. The molecule has 0 saturated carbocycles. The van der Waals surface area contributed by atoms with Crippen LogP contribution in [-0.4, -0.2) is 28.8 Å². The number of thiazole rings is 1. The monoisotopic (exact) mass is 441 g/mol. The molecule has 0 aliphatic heterocycles. The first kappa shape index (κ1) is 20.1. The van der Waals surface area contributed by atoms with Gasteiger partial charge in [0.15, 0.2) is 0 Å². The van der Waals surface area contributed by atoms with Crippen molar-refractivity contribution >= 4 is 34.0 Å². The average molecular weight is 442 g/mol. The molecule has 4 aromatic rings. The quantitative estimate of drug-likeness (QED) is 0.472. The highest BCUT2D eigenvalue weighted by Gasteiger charge is 2.12. The predicted molar refractivity (Wildman–Crippen MR) is 116 cm³/mol. The Morgan fingerprint density at radius 3 is 2.57 bits per heavy atom. The molecule has 0 radical (unpaired) electrons. The number of fused-ring (bicyclic) bond motifs is 1. The van der Waals surface area contributed by atoms with Gasteiger partial charge in [0.25, 0.3) is 11.1 Å². The van der Waals surface area contributed by atoms with E-state index in [1.807, 2.05) is 0 Å². The van der Waals surface area contributed by atoms with Gasteiger partial charge in [0.2, 0.25) is 4.96 Å². The normalized spacial score (nSPS) is 11.8. The Labute approximate surface area is 179 Å². The Bertz CT molecular complexity index is 1400. The number of ether oxygens (including phenoxy) is 2.